The zero-order chi connectivity index (χ0) is 32.2. The molecule has 232 valence electrons. The van der Waals surface area contributed by atoms with Gasteiger partial charge >= 0.3 is 5.97 Å². The maximum absolute atomic E-state index is 14.3. The van der Waals surface area contributed by atoms with Crippen LogP contribution in [0.2, 0.25) is 0 Å². The molecule has 0 aliphatic carbocycles. The van der Waals surface area contributed by atoms with Crippen LogP contribution in [0.1, 0.15) is 16.8 Å². The molecule has 2 aliphatic heterocycles. The topological polar surface area (TPSA) is 128 Å². The number of fused-ring (bicyclic) bond motifs is 3. The summed E-state index contributed by atoms with van der Waals surface area (Å²) in [5.74, 6) is -2.78. The molecule has 2 aliphatic rings. The molecule has 3 aromatic carbocycles. The van der Waals surface area contributed by atoms with Gasteiger partial charge in [0, 0.05) is 41.4 Å². The molecule has 10 nitrogen and oxygen atoms in total. The van der Waals surface area contributed by atoms with Crippen LogP contribution in [0.25, 0.3) is 33.2 Å². The van der Waals surface area contributed by atoms with Gasteiger partial charge in [-0.25, -0.2) is 27.0 Å². The Morgan fingerprint density at radius 3 is 2.48 bits per heavy atom. The number of morpholine rings is 1. The SMILES string of the molecule is COc1ncc(-c2ccc3nccc(-c4ccc(C(=O)N5CC6C[C@@H]5C(=O)O6)cc4)c3c2)cc1NS(=O)(=O)c1ccc(F)cc1F. The Bertz CT molecular complexity index is 2160. The highest BCUT2D eigenvalue weighted by Gasteiger charge is 2.48. The zero-order valence-electron chi connectivity index (χ0n) is 24.1. The van der Waals surface area contributed by atoms with E-state index in [0.29, 0.717) is 41.2 Å². The summed E-state index contributed by atoms with van der Waals surface area (Å²) in [7, 11) is -3.15. The summed E-state index contributed by atoms with van der Waals surface area (Å²) in [6.07, 6.45) is 3.47. The number of ether oxygens (including phenoxy) is 2. The Labute approximate surface area is 261 Å². The van der Waals surface area contributed by atoms with Gasteiger partial charge in [0.05, 0.1) is 19.2 Å². The molecular formula is C33H24F2N4O6S. The number of likely N-dealkylation sites (tertiary alicyclic amines) is 1. The molecule has 13 heteroatoms. The molecular weight excluding hydrogens is 618 g/mol. The molecule has 4 heterocycles. The van der Waals surface area contributed by atoms with Crippen LogP contribution < -0.4 is 9.46 Å². The van der Waals surface area contributed by atoms with E-state index in [2.05, 4.69) is 14.7 Å². The van der Waals surface area contributed by atoms with E-state index in [0.717, 1.165) is 28.6 Å². The van der Waals surface area contributed by atoms with Crippen LogP contribution in [0.4, 0.5) is 14.5 Å². The molecule has 2 saturated heterocycles. The second-order valence-electron chi connectivity index (χ2n) is 10.9. The number of benzene rings is 3. The van der Waals surface area contributed by atoms with Gasteiger partial charge in [0.15, 0.2) is 0 Å². The molecule has 0 spiro atoms. The first-order valence-electron chi connectivity index (χ1n) is 14.1. The van der Waals surface area contributed by atoms with Crippen molar-refractivity contribution in [1.82, 2.24) is 14.9 Å². The summed E-state index contributed by atoms with van der Waals surface area (Å²) in [6.45, 7) is 0.390. The third-order valence-corrected chi connectivity index (χ3v) is 9.47. The first-order valence-corrected chi connectivity index (χ1v) is 15.6. The molecule has 46 heavy (non-hydrogen) atoms. The molecule has 2 bridgehead atoms. The Balaban J connectivity index is 1.20. The molecule has 1 N–H and O–H groups in total. The highest BCUT2D eigenvalue weighted by atomic mass is 32.2. The number of sulfonamides is 1. The minimum Gasteiger partial charge on any atom is -0.480 e. The van der Waals surface area contributed by atoms with Crippen LogP contribution in [0, 0.1) is 11.6 Å². The molecule has 5 aromatic rings. The normalized spacial score (nSPS) is 17.3. The Morgan fingerprint density at radius 2 is 1.76 bits per heavy atom. The van der Waals surface area contributed by atoms with E-state index < -0.39 is 32.6 Å². The first-order chi connectivity index (χ1) is 22.1. The van der Waals surface area contributed by atoms with Gasteiger partial charge in [0.1, 0.15) is 34.4 Å². The summed E-state index contributed by atoms with van der Waals surface area (Å²) in [5.41, 5.74) is 3.97. The van der Waals surface area contributed by atoms with E-state index in [4.69, 9.17) is 9.47 Å². The van der Waals surface area contributed by atoms with Gasteiger partial charge in [-0.1, -0.05) is 18.2 Å². The molecule has 2 atom stereocenters. The lowest BCUT2D eigenvalue weighted by atomic mass is 9.97. The van der Waals surface area contributed by atoms with Crippen LogP contribution in [-0.4, -0.2) is 61.0 Å². The molecule has 1 amide bonds. The van der Waals surface area contributed by atoms with Crippen LogP contribution in [0.3, 0.4) is 0 Å². The van der Waals surface area contributed by atoms with Crippen LogP contribution in [0.15, 0.2) is 90.1 Å². The third-order valence-electron chi connectivity index (χ3n) is 8.07. The van der Waals surface area contributed by atoms with Crippen molar-refractivity contribution in [3.8, 4) is 28.1 Å². The van der Waals surface area contributed by atoms with Crippen LogP contribution in [0.5, 0.6) is 5.88 Å². The monoisotopic (exact) mass is 642 g/mol. The number of nitrogens with zero attached hydrogens (tertiary/aromatic N) is 3. The molecule has 1 unspecified atom stereocenters. The first kappa shape index (κ1) is 29.3. The lowest BCUT2D eigenvalue weighted by Crippen LogP contribution is -2.44. The Kier molecular flexibility index (Phi) is 7.12. The van der Waals surface area contributed by atoms with E-state index in [1.54, 1.807) is 29.3 Å². The van der Waals surface area contributed by atoms with Crippen molar-refractivity contribution in [2.75, 3.05) is 18.4 Å². The second kappa shape index (κ2) is 11.2. The largest absolute Gasteiger partial charge is 0.480 e. The van der Waals surface area contributed by atoms with Crippen molar-refractivity contribution in [2.45, 2.75) is 23.5 Å². The molecule has 0 saturated carbocycles. The highest BCUT2D eigenvalue weighted by Crippen LogP contribution is 2.35. The number of hydrogen-bond acceptors (Lipinski definition) is 8. The number of pyridine rings is 2. The number of hydrogen-bond donors (Lipinski definition) is 1. The number of nitrogens with one attached hydrogen (secondary N) is 1. The number of rotatable bonds is 7. The van der Waals surface area contributed by atoms with Crippen molar-refractivity contribution in [1.29, 1.82) is 0 Å². The Hall–Kier alpha value is -5.43. The molecule has 0 radical (unpaired) electrons. The fourth-order valence-electron chi connectivity index (χ4n) is 5.85. The maximum atomic E-state index is 14.3. The van der Waals surface area contributed by atoms with Crippen molar-refractivity contribution in [3.05, 3.63) is 102 Å². The number of esters is 1. The fraction of sp³-hybridized carbons (Fsp3) is 0.152. The van der Waals surface area contributed by atoms with E-state index in [9.17, 15) is 26.8 Å². The van der Waals surface area contributed by atoms with E-state index in [1.807, 2.05) is 30.3 Å². The number of halogens is 2. The zero-order valence-corrected chi connectivity index (χ0v) is 24.9. The van der Waals surface area contributed by atoms with Gasteiger partial charge in [0.2, 0.25) is 5.88 Å². The maximum Gasteiger partial charge on any atom is 0.329 e. The smallest absolute Gasteiger partial charge is 0.329 e. The lowest BCUT2D eigenvalue weighted by Gasteiger charge is -2.25. The van der Waals surface area contributed by atoms with Crippen molar-refractivity contribution < 1.29 is 36.3 Å². The van der Waals surface area contributed by atoms with E-state index in [-0.39, 0.29) is 29.5 Å². The number of methoxy groups -OCH3 is 1. The average molecular weight is 643 g/mol. The number of carbonyl (C=O) groups is 2. The number of aromatic nitrogens is 2. The highest BCUT2D eigenvalue weighted by molar-refractivity contribution is 7.92. The number of amides is 1. The van der Waals surface area contributed by atoms with E-state index >= 15 is 0 Å². The predicted molar refractivity (Wildman–Crippen MR) is 163 cm³/mol. The van der Waals surface area contributed by atoms with Crippen molar-refractivity contribution in [3.63, 3.8) is 0 Å². The summed E-state index contributed by atoms with van der Waals surface area (Å²) in [6, 6.07) is 17.6. The standard InChI is InChI=1S/C33H24F2N4O6S/c1-44-31-28(38-46(42,43)30-9-7-22(34)14-26(30)35)13-21(16-37-31)20-6-8-27-25(12-20)24(10-11-36-27)18-2-4-19(5-3-18)32(40)39-17-23-15-29(39)33(41)45-23/h2-14,16,23,29,38H,15,17H2,1H3/t23?,29-/m1/s1. The quantitative estimate of drug-likeness (QED) is 0.240. The van der Waals surface area contributed by atoms with Crippen molar-refractivity contribution in [2.24, 2.45) is 0 Å². The number of anilines is 1. The van der Waals surface area contributed by atoms with Gasteiger partial charge in [-0.2, -0.15) is 0 Å². The molecule has 2 aromatic heterocycles. The number of carbonyl (C=O) groups excluding carboxylic acids is 2. The fourth-order valence-corrected chi connectivity index (χ4v) is 6.96. The van der Waals surface area contributed by atoms with Gasteiger partial charge in [0.25, 0.3) is 15.9 Å². The minimum atomic E-state index is -4.46. The van der Waals surface area contributed by atoms with Gasteiger partial charge in [-0.3, -0.25) is 14.5 Å². The summed E-state index contributed by atoms with van der Waals surface area (Å²) in [4.78, 5) is 34.7. The van der Waals surface area contributed by atoms with Crippen LogP contribution in [-0.2, 0) is 19.6 Å². The lowest BCUT2D eigenvalue weighted by molar-refractivity contribution is -0.149. The van der Waals surface area contributed by atoms with Gasteiger partial charge < -0.3 is 14.4 Å². The van der Waals surface area contributed by atoms with Crippen molar-refractivity contribution >= 4 is 38.5 Å². The molecule has 2 fully saturated rings. The summed E-state index contributed by atoms with van der Waals surface area (Å²) < 4.78 is 66.5. The van der Waals surface area contributed by atoms with Gasteiger partial charge in [-0.05, 0) is 65.2 Å². The summed E-state index contributed by atoms with van der Waals surface area (Å²) in [5, 5.41) is 0.782. The second-order valence-corrected chi connectivity index (χ2v) is 12.5. The Morgan fingerprint density at radius 1 is 0.978 bits per heavy atom. The van der Waals surface area contributed by atoms with Crippen LogP contribution >= 0.6 is 0 Å². The third kappa shape index (κ3) is 5.17. The van der Waals surface area contributed by atoms with Gasteiger partial charge in [-0.15, -0.1) is 0 Å². The summed E-state index contributed by atoms with van der Waals surface area (Å²) >= 11 is 0. The average Bonchev–Trinajstić information content (AvgIpc) is 3.63. The minimum absolute atomic E-state index is 0.0463. The van der Waals surface area contributed by atoms with E-state index in [1.165, 1.54) is 19.4 Å². The predicted octanol–water partition coefficient (Wildman–Crippen LogP) is 5.19. The molecule has 7 rings (SSSR count).